The maximum Gasteiger partial charge on any atom is 0.254 e. The number of aliphatic hydroxyl groups excluding tert-OH is 1. The molecule has 2 aliphatic rings. The average molecular weight is 347 g/mol. The van der Waals surface area contributed by atoms with Crippen LogP contribution in [0.15, 0.2) is 16.9 Å². The molecule has 25 heavy (non-hydrogen) atoms. The highest BCUT2D eigenvalue weighted by atomic mass is 16.3. The van der Waals surface area contributed by atoms with E-state index in [0.717, 1.165) is 18.5 Å². The molecule has 3 heterocycles. The fourth-order valence-electron chi connectivity index (χ4n) is 4.01. The van der Waals surface area contributed by atoms with Crippen LogP contribution in [0.4, 0.5) is 0 Å². The van der Waals surface area contributed by atoms with E-state index in [1.807, 2.05) is 6.92 Å². The molecule has 2 saturated heterocycles. The lowest BCUT2D eigenvalue weighted by atomic mass is 9.78. The van der Waals surface area contributed by atoms with Gasteiger partial charge in [0.15, 0.2) is 0 Å². The highest BCUT2D eigenvalue weighted by Gasteiger charge is 2.49. The molecule has 0 aliphatic carbocycles. The molecule has 2 N–H and O–H groups in total. The summed E-state index contributed by atoms with van der Waals surface area (Å²) in [5.41, 5.74) is 0.304. The molecular weight excluding hydrogens is 322 g/mol. The second kappa shape index (κ2) is 7.00. The van der Waals surface area contributed by atoms with Crippen molar-refractivity contribution >= 4 is 11.8 Å². The molecule has 2 fully saturated rings. The Bertz CT molecular complexity index is 727. The monoisotopic (exact) mass is 347 g/mol. The molecule has 136 valence electrons. The van der Waals surface area contributed by atoms with Gasteiger partial charge in [-0.05, 0) is 31.7 Å². The van der Waals surface area contributed by atoms with E-state index in [0.29, 0.717) is 44.6 Å². The Morgan fingerprint density at radius 1 is 1.28 bits per heavy atom. The molecule has 7 heteroatoms. The van der Waals surface area contributed by atoms with Crippen LogP contribution in [-0.2, 0) is 11.2 Å². The Hall–Kier alpha value is -2.15. The second-order valence-electron chi connectivity index (χ2n) is 6.99. The summed E-state index contributed by atoms with van der Waals surface area (Å²) in [5, 5.41) is 9.14. The summed E-state index contributed by atoms with van der Waals surface area (Å²) < 4.78 is 0. The number of piperidine rings is 1. The zero-order chi connectivity index (χ0) is 18.0. The van der Waals surface area contributed by atoms with Crippen molar-refractivity contribution in [3.63, 3.8) is 0 Å². The van der Waals surface area contributed by atoms with Gasteiger partial charge in [-0.25, -0.2) is 0 Å². The standard InChI is InChI=1S/C18H25N3O4/c1-2-14-10-13(11-15(23)19-14)16(24)21-7-5-18(12-21)4-3-6-20(8-9-22)17(18)25/h10-11,22H,2-9,12H2,1H3,(H,19,23)/t18-/m0/s1. The van der Waals surface area contributed by atoms with E-state index < -0.39 is 5.41 Å². The minimum atomic E-state index is -0.530. The number of aryl methyl sites for hydroxylation is 1. The Labute approximate surface area is 146 Å². The highest BCUT2D eigenvalue weighted by molar-refractivity contribution is 5.95. The zero-order valence-electron chi connectivity index (χ0n) is 14.6. The number of carbonyl (C=O) groups is 2. The maximum absolute atomic E-state index is 12.8. The lowest BCUT2D eigenvalue weighted by Crippen LogP contribution is -2.51. The molecule has 1 atom stereocenters. The van der Waals surface area contributed by atoms with Crippen LogP contribution in [-0.4, -0.2) is 64.5 Å². The molecule has 1 aromatic rings. The number of hydrogen-bond acceptors (Lipinski definition) is 4. The fourth-order valence-corrected chi connectivity index (χ4v) is 4.01. The summed E-state index contributed by atoms with van der Waals surface area (Å²) in [5.74, 6) is -0.145. The minimum Gasteiger partial charge on any atom is -0.395 e. The number of β-amino-alcohol motifs (C(OH)–C–C–N with tert-alkyl or cyclic N) is 1. The van der Waals surface area contributed by atoms with Crippen molar-refractivity contribution in [2.75, 3.05) is 32.8 Å². The quantitative estimate of drug-likeness (QED) is 0.824. The predicted molar refractivity (Wildman–Crippen MR) is 92.3 cm³/mol. The molecule has 2 aliphatic heterocycles. The Kier molecular flexibility index (Phi) is 4.94. The number of aromatic nitrogens is 1. The maximum atomic E-state index is 12.8. The number of likely N-dealkylation sites (tertiary alicyclic amines) is 2. The molecule has 1 spiro atoms. The summed E-state index contributed by atoms with van der Waals surface area (Å²) in [6.45, 7) is 3.80. The van der Waals surface area contributed by atoms with Gasteiger partial charge in [-0.15, -0.1) is 0 Å². The number of nitrogens with zero attached hydrogens (tertiary/aromatic N) is 2. The third-order valence-electron chi connectivity index (χ3n) is 5.36. The molecule has 2 amide bonds. The third-order valence-corrected chi connectivity index (χ3v) is 5.36. The SMILES string of the molecule is CCc1cc(C(=O)N2CC[C@@]3(CCCN(CCO)C3=O)C2)cc(=O)[nH]1. The first-order valence-electron chi connectivity index (χ1n) is 8.92. The molecule has 0 aromatic carbocycles. The van der Waals surface area contributed by atoms with E-state index in [-0.39, 0.29) is 24.0 Å². The van der Waals surface area contributed by atoms with Crippen LogP contribution >= 0.6 is 0 Å². The van der Waals surface area contributed by atoms with Crippen LogP contribution in [0.25, 0.3) is 0 Å². The highest BCUT2D eigenvalue weighted by Crippen LogP contribution is 2.40. The molecule has 0 unspecified atom stereocenters. The van der Waals surface area contributed by atoms with Crippen molar-refractivity contribution in [1.82, 2.24) is 14.8 Å². The van der Waals surface area contributed by atoms with E-state index in [4.69, 9.17) is 5.11 Å². The van der Waals surface area contributed by atoms with E-state index in [1.165, 1.54) is 6.07 Å². The molecule has 0 radical (unpaired) electrons. The molecular formula is C18H25N3O4. The summed E-state index contributed by atoms with van der Waals surface area (Å²) in [6, 6.07) is 3.04. The Morgan fingerprint density at radius 2 is 2.08 bits per heavy atom. The summed E-state index contributed by atoms with van der Waals surface area (Å²) in [4.78, 5) is 43.5. The summed E-state index contributed by atoms with van der Waals surface area (Å²) >= 11 is 0. The fraction of sp³-hybridized carbons (Fsp3) is 0.611. The zero-order valence-corrected chi connectivity index (χ0v) is 14.6. The van der Waals surface area contributed by atoms with E-state index in [1.54, 1.807) is 15.9 Å². The van der Waals surface area contributed by atoms with Crippen LogP contribution < -0.4 is 5.56 Å². The average Bonchev–Trinajstić information content (AvgIpc) is 3.03. The van der Waals surface area contributed by atoms with Gasteiger partial charge in [0, 0.05) is 43.5 Å². The molecule has 7 nitrogen and oxygen atoms in total. The van der Waals surface area contributed by atoms with Gasteiger partial charge in [0.1, 0.15) is 0 Å². The van der Waals surface area contributed by atoms with Crippen molar-refractivity contribution in [2.24, 2.45) is 5.41 Å². The molecule has 0 saturated carbocycles. The van der Waals surface area contributed by atoms with E-state index >= 15 is 0 Å². The van der Waals surface area contributed by atoms with Gasteiger partial charge in [-0.2, -0.15) is 0 Å². The first kappa shape index (κ1) is 17.7. The number of H-pyrrole nitrogens is 1. The number of carbonyl (C=O) groups excluding carboxylic acids is 2. The number of hydrogen-bond donors (Lipinski definition) is 2. The largest absolute Gasteiger partial charge is 0.395 e. The van der Waals surface area contributed by atoms with Crippen LogP contribution in [0.3, 0.4) is 0 Å². The number of rotatable bonds is 4. The topological polar surface area (TPSA) is 93.7 Å². The van der Waals surface area contributed by atoms with Crippen molar-refractivity contribution in [2.45, 2.75) is 32.6 Å². The van der Waals surface area contributed by atoms with Crippen molar-refractivity contribution in [1.29, 1.82) is 0 Å². The molecule has 3 rings (SSSR count). The second-order valence-corrected chi connectivity index (χ2v) is 6.99. The van der Waals surface area contributed by atoms with Crippen LogP contribution in [0, 0.1) is 5.41 Å². The number of aromatic amines is 1. The van der Waals surface area contributed by atoms with Gasteiger partial charge in [0.25, 0.3) is 5.91 Å². The lowest BCUT2D eigenvalue weighted by molar-refractivity contribution is -0.146. The van der Waals surface area contributed by atoms with Crippen molar-refractivity contribution < 1.29 is 14.7 Å². The van der Waals surface area contributed by atoms with E-state index in [2.05, 4.69) is 4.98 Å². The van der Waals surface area contributed by atoms with Gasteiger partial charge < -0.3 is 19.9 Å². The summed E-state index contributed by atoms with van der Waals surface area (Å²) in [7, 11) is 0. The van der Waals surface area contributed by atoms with Crippen LogP contribution in [0.5, 0.6) is 0 Å². The predicted octanol–water partition coefficient (Wildman–Crippen LogP) is 0.384. The van der Waals surface area contributed by atoms with Gasteiger partial charge >= 0.3 is 0 Å². The van der Waals surface area contributed by atoms with Gasteiger partial charge in [-0.3, -0.25) is 14.4 Å². The molecule has 0 bridgehead atoms. The Balaban J connectivity index is 1.78. The molecule has 1 aromatic heterocycles. The van der Waals surface area contributed by atoms with Crippen LogP contribution in [0.2, 0.25) is 0 Å². The summed E-state index contributed by atoms with van der Waals surface area (Å²) in [6.07, 6.45) is 2.95. The number of nitrogens with one attached hydrogen (secondary N) is 1. The number of pyridine rings is 1. The number of aliphatic hydroxyl groups is 1. The minimum absolute atomic E-state index is 0.0446. The van der Waals surface area contributed by atoms with Crippen molar-refractivity contribution in [3.8, 4) is 0 Å². The van der Waals surface area contributed by atoms with Gasteiger partial charge in [-0.1, -0.05) is 6.92 Å². The van der Waals surface area contributed by atoms with Gasteiger partial charge in [0.2, 0.25) is 11.5 Å². The van der Waals surface area contributed by atoms with Crippen LogP contribution in [0.1, 0.15) is 42.2 Å². The van der Waals surface area contributed by atoms with Gasteiger partial charge in [0.05, 0.1) is 12.0 Å². The first-order valence-corrected chi connectivity index (χ1v) is 8.92. The number of amides is 2. The normalized spacial score (nSPS) is 23.5. The van der Waals surface area contributed by atoms with E-state index in [9.17, 15) is 14.4 Å². The smallest absolute Gasteiger partial charge is 0.254 e. The Morgan fingerprint density at radius 3 is 2.80 bits per heavy atom. The third kappa shape index (κ3) is 3.33. The first-order chi connectivity index (χ1) is 12.0. The van der Waals surface area contributed by atoms with Crippen molar-refractivity contribution in [3.05, 3.63) is 33.7 Å². The lowest BCUT2D eigenvalue weighted by Gasteiger charge is -2.39.